The Morgan fingerprint density at radius 3 is 2.89 bits per heavy atom. The number of carbonyl (C=O) groups excluding carboxylic acids is 1. The summed E-state index contributed by atoms with van der Waals surface area (Å²) in [5.41, 5.74) is 2.48. The van der Waals surface area contributed by atoms with E-state index in [0.29, 0.717) is 11.4 Å². The third-order valence-corrected chi connectivity index (χ3v) is 2.87. The molecular weight excluding hydrogens is 228 g/mol. The van der Waals surface area contributed by atoms with Crippen molar-refractivity contribution < 1.29 is 4.79 Å². The van der Waals surface area contributed by atoms with E-state index in [1.165, 1.54) is 0 Å². The lowest BCUT2D eigenvalue weighted by atomic mass is 10.1. The Labute approximate surface area is 103 Å². The molecule has 3 rings (SSSR count). The zero-order valence-electron chi connectivity index (χ0n) is 9.82. The molecule has 18 heavy (non-hydrogen) atoms. The van der Waals surface area contributed by atoms with E-state index in [9.17, 15) is 4.79 Å². The summed E-state index contributed by atoms with van der Waals surface area (Å²) in [6.07, 6.45) is 1.59. The lowest BCUT2D eigenvalue weighted by Crippen LogP contribution is -2.13. The minimum atomic E-state index is -0.144. The molecule has 0 bridgehead atoms. The highest BCUT2D eigenvalue weighted by Crippen LogP contribution is 2.22. The average Bonchev–Trinajstić information content (AvgIpc) is 2.94. The summed E-state index contributed by atoms with van der Waals surface area (Å²) in [6, 6.07) is 9.45. The average molecular weight is 240 g/mol. The van der Waals surface area contributed by atoms with Gasteiger partial charge >= 0.3 is 0 Å². The van der Waals surface area contributed by atoms with Crippen molar-refractivity contribution in [1.82, 2.24) is 15.2 Å². The molecule has 0 aliphatic rings. The molecule has 3 N–H and O–H groups in total. The van der Waals surface area contributed by atoms with Crippen LogP contribution in [-0.4, -0.2) is 21.1 Å². The molecule has 0 aliphatic carbocycles. The van der Waals surface area contributed by atoms with Crippen LogP contribution in [0.25, 0.3) is 10.9 Å². The Bertz CT molecular complexity index is 697. The Morgan fingerprint density at radius 1 is 1.28 bits per heavy atom. The van der Waals surface area contributed by atoms with E-state index in [1.807, 2.05) is 31.2 Å². The number of nitrogens with one attached hydrogen (secondary N) is 3. The van der Waals surface area contributed by atoms with Gasteiger partial charge in [0.25, 0.3) is 5.91 Å². The molecule has 0 atom stereocenters. The van der Waals surface area contributed by atoms with Crippen LogP contribution in [0.1, 0.15) is 16.1 Å². The van der Waals surface area contributed by atoms with Crippen LogP contribution in [-0.2, 0) is 0 Å². The maximum Gasteiger partial charge on any atom is 0.259 e. The number of H-pyrrole nitrogens is 2. The molecule has 0 unspecified atom stereocenters. The van der Waals surface area contributed by atoms with E-state index in [2.05, 4.69) is 20.5 Å². The lowest BCUT2D eigenvalue weighted by Gasteiger charge is -2.02. The highest BCUT2D eigenvalue weighted by Gasteiger charge is 2.15. The zero-order chi connectivity index (χ0) is 12.5. The third kappa shape index (κ3) is 1.66. The van der Waals surface area contributed by atoms with Crippen LogP contribution in [0.2, 0.25) is 0 Å². The second-order valence-electron chi connectivity index (χ2n) is 4.10. The van der Waals surface area contributed by atoms with Gasteiger partial charge in [-0.3, -0.25) is 9.89 Å². The number of aryl methyl sites for hydroxylation is 1. The van der Waals surface area contributed by atoms with Crippen LogP contribution in [0.15, 0.2) is 36.5 Å². The molecule has 5 nitrogen and oxygen atoms in total. The van der Waals surface area contributed by atoms with Crippen molar-refractivity contribution in [3.05, 3.63) is 47.8 Å². The van der Waals surface area contributed by atoms with Crippen LogP contribution >= 0.6 is 0 Å². The maximum atomic E-state index is 12.2. The fourth-order valence-corrected chi connectivity index (χ4v) is 2.08. The maximum absolute atomic E-state index is 12.2. The van der Waals surface area contributed by atoms with Gasteiger partial charge in [-0.25, -0.2) is 0 Å². The van der Waals surface area contributed by atoms with Gasteiger partial charge in [-0.1, -0.05) is 18.2 Å². The van der Waals surface area contributed by atoms with Crippen LogP contribution in [0.3, 0.4) is 0 Å². The molecule has 0 radical (unpaired) electrons. The van der Waals surface area contributed by atoms with Crippen molar-refractivity contribution in [2.24, 2.45) is 0 Å². The van der Waals surface area contributed by atoms with Crippen molar-refractivity contribution >= 4 is 22.6 Å². The summed E-state index contributed by atoms with van der Waals surface area (Å²) >= 11 is 0. The van der Waals surface area contributed by atoms with Crippen molar-refractivity contribution in [2.75, 3.05) is 5.32 Å². The van der Waals surface area contributed by atoms with Gasteiger partial charge in [-0.2, -0.15) is 5.10 Å². The zero-order valence-corrected chi connectivity index (χ0v) is 9.82. The predicted molar refractivity (Wildman–Crippen MR) is 69.6 cm³/mol. The molecule has 2 heterocycles. The number of aromatic nitrogens is 3. The number of nitrogens with zero attached hydrogens (tertiary/aromatic N) is 1. The topological polar surface area (TPSA) is 73.6 Å². The second-order valence-corrected chi connectivity index (χ2v) is 4.10. The second kappa shape index (κ2) is 4.03. The molecule has 5 heteroatoms. The van der Waals surface area contributed by atoms with Crippen molar-refractivity contribution in [2.45, 2.75) is 6.92 Å². The Morgan fingerprint density at radius 2 is 2.11 bits per heavy atom. The van der Waals surface area contributed by atoms with Gasteiger partial charge in [-0.05, 0) is 13.0 Å². The minimum absolute atomic E-state index is 0.144. The molecule has 0 aliphatic heterocycles. The fourth-order valence-electron chi connectivity index (χ4n) is 2.08. The molecular formula is C13H12N4O. The number of hydrogen-bond acceptors (Lipinski definition) is 2. The molecule has 0 saturated heterocycles. The van der Waals surface area contributed by atoms with Crippen LogP contribution < -0.4 is 5.32 Å². The number of carbonyl (C=O) groups is 1. The summed E-state index contributed by atoms with van der Waals surface area (Å²) in [6.45, 7) is 1.89. The molecule has 90 valence electrons. The summed E-state index contributed by atoms with van der Waals surface area (Å²) in [7, 11) is 0. The Hall–Kier alpha value is -2.56. The summed E-state index contributed by atoms with van der Waals surface area (Å²) in [5.74, 6) is 0.443. The lowest BCUT2D eigenvalue weighted by molar-refractivity contribution is 0.102. The number of benzene rings is 1. The van der Waals surface area contributed by atoms with Crippen molar-refractivity contribution in [3.8, 4) is 0 Å². The monoisotopic (exact) mass is 240 g/mol. The number of aromatic amines is 2. The SMILES string of the molecule is Cc1[nH]c2ccccc2c1C(=O)Nc1ccn[nH]1. The number of fused-ring (bicyclic) bond motifs is 1. The molecule has 1 amide bonds. The standard InChI is InChI=1S/C13H12N4O/c1-8-12(9-4-2-3-5-10(9)15-8)13(18)16-11-6-7-14-17-11/h2-7,15H,1H3,(H2,14,16,17,18). The van der Waals surface area contributed by atoms with Crippen molar-refractivity contribution in [3.63, 3.8) is 0 Å². The number of amides is 1. The highest BCUT2D eigenvalue weighted by atomic mass is 16.1. The Kier molecular flexibility index (Phi) is 2.37. The van der Waals surface area contributed by atoms with E-state index in [4.69, 9.17) is 0 Å². The first-order valence-electron chi connectivity index (χ1n) is 5.64. The molecule has 0 fully saturated rings. The summed E-state index contributed by atoms with van der Waals surface area (Å²) < 4.78 is 0. The minimum Gasteiger partial charge on any atom is -0.358 e. The number of rotatable bonds is 2. The smallest absolute Gasteiger partial charge is 0.259 e. The molecule has 2 aromatic heterocycles. The molecule has 1 aromatic carbocycles. The normalized spacial score (nSPS) is 10.7. The highest BCUT2D eigenvalue weighted by molar-refractivity contribution is 6.13. The van der Waals surface area contributed by atoms with E-state index >= 15 is 0 Å². The molecule has 0 saturated carbocycles. The van der Waals surface area contributed by atoms with E-state index in [0.717, 1.165) is 16.6 Å². The van der Waals surface area contributed by atoms with Gasteiger partial charge in [0.15, 0.2) is 0 Å². The first-order chi connectivity index (χ1) is 8.75. The van der Waals surface area contributed by atoms with E-state index in [1.54, 1.807) is 12.3 Å². The molecule has 3 aromatic rings. The summed E-state index contributed by atoms with van der Waals surface area (Å²) in [5, 5.41) is 10.2. The van der Waals surface area contributed by atoms with Gasteiger partial charge < -0.3 is 10.3 Å². The van der Waals surface area contributed by atoms with E-state index < -0.39 is 0 Å². The van der Waals surface area contributed by atoms with Crippen molar-refractivity contribution in [1.29, 1.82) is 0 Å². The van der Waals surface area contributed by atoms with Crippen LogP contribution in [0.5, 0.6) is 0 Å². The molecule has 0 spiro atoms. The first-order valence-corrected chi connectivity index (χ1v) is 5.64. The first kappa shape index (κ1) is 10.6. The van der Waals surface area contributed by atoms with E-state index in [-0.39, 0.29) is 5.91 Å². The quantitative estimate of drug-likeness (QED) is 0.643. The Balaban J connectivity index is 2.03. The third-order valence-electron chi connectivity index (χ3n) is 2.87. The van der Waals surface area contributed by atoms with Gasteiger partial charge in [0, 0.05) is 22.7 Å². The number of hydrogen-bond donors (Lipinski definition) is 3. The number of anilines is 1. The van der Waals surface area contributed by atoms with Crippen LogP contribution in [0, 0.1) is 6.92 Å². The van der Waals surface area contributed by atoms with Gasteiger partial charge in [0.2, 0.25) is 0 Å². The predicted octanol–water partition coefficient (Wildman–Crippen LogP) is 2.45. The summed E-state index contributed by atoms with van der Waals surface area (Å²) in [4.78, 5) is 15.4. The van der Waals surface area contributed by atoms with Crippen LogP contribution in [0.4, 0.5) is 5.82 Å². The largest absolute Gasteiger partial charge is 0.358 e. The van der Waals surface area contributed by atoms with Gasteiger partial charge in [0.05, 0.1) is 11.8 Å². The van der Waals surface area contributed by atoms with Gasteiger partial charge in [-0.15, -0.1) is 0 Å². The van der Waals surface area contributed by atoms with Gasteiger partial charge in [0.1, 0.15) is 5.82 Å². The fraction of sp³-hybridized carbons (Fsp3) is 0.0769. The number of para-hydroxylation sites is 1.